The Bertz CT molecular complexity index is 618. The lowest BCUT2D eigenvalue weighted by Gasteiger charge is -2.30. The third kappa shape index (κ3) is 5.65. The van der Waals surface area contributed by atoms with Gasteiger partial charge in [-0.15, -0.1) is 0 Å². The van der Waals surface area contributed by atoms with Crippen molar-refractivity contribution in [2.75, 3.05) is 19.6 Å². The van der Waals surface area contributed by atoms with E-state index in [1.807, 2.05) is 9.80 Å². The molecule has 1 saturated carbocycles. The smallest absolute Gasteiger partial charge is 0.317 e. The maximum Gasteiger partial charge on any atom is 0.317 e. The normalized spacial score (nSPS) is 20.9. The molecular formula is C20H31N5O2. The molecular weight excluding hydrogens is 342 g/mol. The van der Waals surface area contributed by atoms with Crippen molar-refractivity contribution < 1.29 is 9.59 Å². The van der Waals surface area contributed by atoms with Crippen LogP contribution in [-0.2, 0) is 11.3 Å². The average molecular weight is 374 g/mol. The highest BCUT2D eigenvalue weighted by Crippen LogP contribution is 2.24. The Labute approximate surface area is 161 Å². The number of aromatic nitrogens is 2. The molecule has 1 saturated heterocycles. The second kappa shape index (κ2) is 9.67. The van der Waals surface area contributed by atoms with Crippen LogP contribution < -0.4 is 5.32 Å². The zero-order valence-corrected chi connectivity index (χ0v) is 16.3. The molecule has 0 radical (unpaired) electrons. The van der Waals surface area contributed by atoms with Gasteiger partial charge in [0.2, 0.25) is 5.91 Å². The van der Waals surface area contributed by atoms with Crippen LogP contribution in [0.4, 0.5) is 4.79 Å². The van der Waals surface area contributed by atoms with Gasteiger partial charge in [-0.1, -0.05) is 12.8 Å². The first-order valence-electron chi connectivity index (χ1n) is 10.2. The molecule has 7 heteroatoms. The Hall–Kier alpha value is -2.18. The molecule has 2 fully saturated rings. The molecule has 1 N–H and O–H groups in total. The van der Waals surface area contributed by atoms with Crippen LogP contribution in [-0.4, -0.2) is 57.4 Å². The fraction of sp³-hybridized carbons (Fsp3) is 0.700. The number of rotatable bonds is 5. The minimum absolute atomic E-state index is 0.0494. The minimum atomic E-state index is 0.0494. The molecule has 0 bridgehead atoms. The summed E-state index contributed by atoms with van der Waals surface area (Å²) in [6.07, 6.45) is 12.7. The van der Waals surface area contributed by atoms with E-state index >= 15 is 0 Å². The van der Waals surface area contributed by atoms with Crippen molar-refractivity contribution in [3.05, 3.63) is 24.3 Å². The topological polar surface area (TPSA) is 78.4 Å². The standard InChI is InChI=1S/C20H31N5O2/c1-16(26)25(14-18-11-21-15-22-12-18)19-7-4-9-24(10-8-19)20(27)23-13-17-5-2-3-6-17/h11-12,15,17,19H,2-10,13-14H2,1H3,(H,23,27)/t19-/m1/s1. The lowest BCUT2D eigenvalue weighted by molar-refractivity contribution is -0.132. The van der Waals surface area contributed by atoms with Crippen molar-refractivity contribution >= 4 is 11.9 Å². The summed E-state index contributed by atoms with van der Waals surface area (Å²) in [5, 5.41) is 3.12. The van der Waals surface area contributed by atoms with Gasteiger partial charge in [-0.05, 0) is 38.0 Å². The van der Waals surface area contributed by atoms with Crippen LogP contribution in [0.2, 0.25) is 0 Å². The van der Waals surface area contributed by atoms with E-state index in [0.717, 1.165) is 37.9 Å². The summed E-state index contributed by atoms with van der Waals surface area (Å²) in [7, 11) is 0. The zero-order chi connectivity index (χ0) is 19.1. The van der Waals surface area contributed by atoms with Crippen molar-refractivity contribution in [3.63, 3.8) is 0 Å². The Morgan fingerprint density at radius 1 is 1.11 bits per heavy atom. The molecule has 7 nitrogen and oxygen atoms in total. The summed E-state index contributed by atoms with van der Waals surface area (Å²) < 4.78 is 0. The van der Waals surface area contributed by atoms with Gasteiger partial charge in [0.15, 0.2) is 0 Å². The quantitative estimate of drug-likeness (QED) is 0.860. The Morgan fingerprint density at radius 3 is 2.56 bits per heavy atom. The number of likely N-dealkylation sites (tertiary alicyclic amines) is 1. The number of urea groups is 1. The van der Waals surface area contributed by atoms with Crippen LogP contribution in [0.15, 0.2) is 18.7 Å². The summed E-state index contributed by atoms with van der Waals surface area (Å²) in [5.41, 5.74) is 0.933. The molecule has 1 aliphatic heterocycles. The predicted molar refractivity (Wildman–Crippen MR) is 103 cm³/mol. The highest BCUT2D eigenvalue weighted by Gasteiger charge is 2.27. The van der Waals surface area contributed by atoms with Crippen LogP contribution in [0.1, 0.15) is 57.4 Å². The third-order valence-corrected chi connectivity index (χ3v) is 5.81. The first-order chi connectivity index (χ1) is 13.1. The molecule has 3 rings (SSSR count). The van der Waals surface area contributed by atoms with Crippen molar-refractivity contribution in [3.8, 4) is 0 Å². The molecule has 1 aromatic heterocycles. The zero-order valence-electron chi connectivity index (χ0n) is 16.3. The van der Waals surface area contributed by atoms with Gasteiger partial charge in [-0.2, -0.15) is 0 Å². The van der Waals surface area contributed by atoms with E-state index in [1.165, 1.54) is 32.0 Å². The van der Waals surface area contributed by atoms with Crippen molar-refractivity contribution in [1.82, 2.24) is 25.1 Å². The fourth-order valence-corrected chi connectivity index (χ4v) is 4.26. The first-order valence-corrected chi connectivity index (χ1v) is 10.2. The van der Waals surface area contributed by atoms with E-state index < -0.39 is 0 Å². The van der Waals surface area contributed by atoms with Gasteiger partial charge in [0.25, 0.3) is 0 Å². The molecule has 0 unspecified atom stereocenters. The van der Waals surface area contributed by atoms with Crippen LogP contribution in [0.3, 0.4) is 0 Å². The Kier molecular flexibility index (Phi) is 7.01. The number of nitrogens with zero attached hydrogens (tertiary/aromatic N) is 4. The molecule has 3 amide bonds. The second-order valence-corrected chi connectivity index (χ2v) is 7.80. The van der Waals surface area contributed by atoms with Gasteiger partial charge in [-0.25, -0.2) is 14.8 Å². The van der Waals surface area contributed by atoms with E-state index in [4.69, 9.17) is 0 Å². The molecule has 2 heterocycles. The summed E-state index contributed by atoms with van der Waals surface area (Å²) >= 11 is 0. The summed E-state index contributed by atoms with van der Waals surface area (Å²) in [4.78, 5) is 36.6. The van der Waals surface area contributed by atoms with E-state index in [2.05, 4.69) is 15.3 Å². The Balaban J connectivity index is 1.52. The molecule has 27 heavy (non-hydrogen) atoms. The van der Waals surface area contributed by atoms with Gasteiger partial charge < -0.3 is 15.1 Å². The number of carbonyl (C=O) groups is 2. The van der Waals surface area contributed by atoms with Crippen molar-refractivity contribution in [2.24, 2.45) is 5.92 Å². The minimum Gasteiger partial charge on any atom is -0.338 e. The maximum absolute atomic E-state index is 12.5. The van der Waals surface area contributed by atoms with Crippen LogP contribution in [0, 0.1) is 5.92 Å². The predicted octanol–water partition coefficient (Wildman–Crippen LogP) is 2.58. The third-order valence-electron chi connectivity index (χ3n) is 5.81. The summed E-state index contributed by atoms with van der Waals surface area (Å²) in [6, 6.07) is 0.198. The lowest BCUT2D eigenvalue weighted by Crippen LogP contribution is -2.43. The SMILES string of the molecule is CC(=O)N(Cc1cncnc1)[C@@H]1CCCN(C(=O)NCC2CCCC2)CC1. The monoisotopic (exact) mass is 373 g/mol. The average Bonchev–Trinajstić information content (AvgIpc) is 3.08. The molecule has 2 aliphatic rings. The largest absolute Gasteiger partial charge is 0.338 e. The van der Waals surface area contributed by atoms with Gasteiger partial charge in [0, 0.05) is 57.1 Å². The molecule has 1 aliphatic carbocycles. The molecule has 0 spiro atoms. The van der Waals surface area contributed by atoms with E-state index in [1.54, 1.807) is 19.3 Å². The molecule has 148 valence electrons. The molecule has 1 atom stereocenters. The Morgan fingerprint density at radius 2 is 1.85 bits per heavy atom. The van der Waals surface area contributed by atoms with Gasteiger partial charge in [0.05, 0.1) is 0 Å². The highest BCUT2D eigenvalue weighted by molar-refractivity contribution is 5.74. The van der Waals surface area contributed by atoms with Crippen molar-refractivity contribution in [2.45, 2.75) is 64.5 Å². The van der Waals surface area contributed by atoms with Gasteiger partial charge in [0.1, 0.15) is 6.33 Å². The van der Waals surface area contributed by atoms with Crippen LogP contribution in [0.5, 0.6) is 0 Å². The fourth-order valence-electron chi connectivity index (χ4n) is 4.26. The van der Waals surface area contributed by atoms with Crippen LogP contribution in [0.25, 0.3) is 0 Å². The second-order valence-electron chi connectivity index (χ2n) is 7.80. The lowest BCUT2D eigenvalue weighted by atomic mass is 10.1. The van der Waals surface area contributed by atoms with Crippen LogP contribution >= 0.6 is 0 Å². The molecule has 1 aromatic rings. The van der Waals surface area contributed by atoms with Gasteiger partial charge in [-0.3, -0.25) is 4.79 Å². The number of amides is 3. The maximum atomic E-state index is 12.5. The number of nitrogens with one attached hydrogen (secondary N) is 1. The van der Waals surface area contributed by atoms with Crippen molar-refractivity contribution in [1.29, 1.82) is 0 Å². The molecule has 0 aromatic carbocycles. The number of hydrogen-bond acceptors (Lipinski definition) is 4. The van der Waals surface area contributed by atoms with E-state index in [9.17, 15) is 9.59 Å². The number of carbonyl (C=O) groups excluding carboxylic acids is 2. The van der Waals surface area contributed by atoms with E-state index in [-0.39, 0.29) is 18.0 Å². The summed E-state index contributed by atoms with van der Waals surface area (Å²) in [5.74, 6) is 0.706. The summed E-state index contributed by atoms with van der Waals surface area (Å²) in [6.45, 7) is 4.38. The van der Waals surface area contributed by atoms with Gasteiger partial charge >= 0.3 is 6.03 Å². The number of hydrogen-bond donors (Lipinski definition) is 1. The first kappa shape index (κ1) is 19.6. The van der Waals surface area contributed by atoms with E-state index in [0.29, 0.717) is 19.0 Å². The highest BCUT2D eigenvalue weighted by atomic mass is 16.2.